The van der Waals surface area contributed by atoms with Crippen LogP contribution in [0.4, 0.5) is 0 Å². The first-order valence-electron chi connectivity index (χ1n) is 9.02. The molecule has 1 aromatic carbocycles. The van der Waals surface area contributed by atoms with Crippen molar-refractivity contribution in [1.82, 2.24) is 15.5 Å². The molecule has 2 aliphatic rings. The molecule has 2 saturated heterocycles. The zero-order valence-corrected chi connectivity index (χ0v) is 15.4. The van der Waals surface area contributed by atoms with Gasteiger partial charge in [-0.15, -0.1) is 0 Å². The molecule has 2 heterocycles. The molecule has 1 atom stereocenters. The molecule has 3 rings (SSSR count). The van der Waals surface area contributed by atoms with Gasteiger partial charge in [0, 0.05) is 31.7 Å². The average molecular weight is 365 g/mol. The SMILES string of the molecule is O=C(NCC1CCCNC1)c1cccc(CN2CCS(=O)(=O)CC2)c1. The minimum Gasteiger partial charge on any atom is -0.352 e. The highest BCUT2D eigenvalue weighted by atomic mass is 32.2. The summed E-state index contributed by atoms with van der Waals surface area (Å²) in [6.45, 7) is 4.56. The van der Waals surface area contributed by atoms with Crippen LogP contribution in [0, 0.1) is 5.92 Å². The Labute approximate surface area is 149 Å². The van der Waals surface area contributed by atoms with Crippen LogP contribution in [-0.2, 0) is 16.4 Å². The molecule has 2 N–H and O–H groups in total. The topological polar surface area (TPSA) is 78.5 Å². The Morgan fingerprint density at radius 3 is 2.80 bits per heavy atom. The second kappa shape index (κ2) is 8.29. The van der Waals surface area contributed by atoms with E-state index < -0.39 is 9.84 Å². The molecular weight excluding hydrogens is 338 g/mol. The summed E-state index contributed by atoms with van der Waals surface area (Å²) >= 11 is 0. The summed E-state index contributed by atoms with van der Waals surface area (Å²) < 4.78 is 23.0. The van der Waals surface area contributed by atoms with E-state index >= 15 is 0 Å². The van der Waals surface area contributed by atoms with Crippen molar-refractivity contribution >= 4 is 15.7 Å². The lowest BCUT2D eigenvalue weighted by Gasteiger charge is -2.26. The molecule has 0 spiro atoms. The molecule has 0 bridgehead atoms. The Bertz CT molecular complexity index is 685. The van der Waals surface area contributed by atoms with Gasteiger partial charge >= 0.3 is 0 Å². The first-order chi connectivity index (χ1) is 12.0. The van der Waals surface area contributed by atoms with Crippen molar-refractivity contribution in [3.05, 3.63) is 35.4 Å². The van der Waals surface area contributed by atoms with Crippen molar-refractivity contribution in [2.75, 3.05) is 44.2 Å². The van der Waals surface area contributed by atoms with Gasteiger partial charge in [0.25, 0.3) is 5.91 Å². The second-order valence-corrected chi connectivity index (χ2v) is 9.35. The number of hydrogen-bond acceptors (Lipinski definition) is 5. The van der Waals surface area contributed by atoms with Crippen molar-refractivity contribution < 1.29 is 13.2 Å². The van der Waals surface area contributed by atoms with E-state index in [0.29, 0.717) is 37.7 Å². The molecule has 6 nitrogen and oxygen atoms in total. The number of carbonyl (C=O) groups is 1. The van der Waals surface area contributed by atoms with Gasteiger partial charge in [0.2, 0.25) is 0 Å². The number of piperidine rings is 1. The molecule has 1 aromatic rings. The Hall–Kier alpha value is -1.44. The fourth-order valence-corrected chi connectivity index (χ4v) is 4.69. The molecule has 1 unspecified atom stereocenters. The molecule has 7 heteroatoms. The minimum absolute atomic E-state index is 0.0337. The van der Waals surface area contributed by atoms with Crippen LogP contribution in [0.1, 0.15) is 28.8 Å². The Morgan fingerprint density at radius 2 is 2.08 bits per heavy atom. The average Bonchev–Trinajstić information content (AvgIpc) is 2.63. The Morgan fingerprint density at radius 1 is 1.28 bits per heavy atom. The molecule has 0 aliphatic carbocycles. The maximum absolute atomic E-state index is 12.4. The third-order valence-corrected chi connectivity index (χ3v) is 6.59. The van der Waals surface area contributed by atoms with Crippen molar-refractivity contribution in [2.45, 2.75) is 19.4 Å². The number of amides is 1. The molecule has 1 amide bonds. The Kier molecular flexibility index (Phi) is 6.09. The van der Waals surface area contributed by atoms with Crippen molar-refractivity contribution in [2.24, 2.45) is 5.92 Å². The lowest BCUT2D eigenvalue weighted by atomic mass is 9.99. The summed E-state index contributed by atoms with van der Waals surface area (Å²) in [5, 5.41) is 6.40. The van der Waals surface area contributed by atoms with Crippen LogP contribution >= 0.6 is 0 Å². The fraction of sp³-hybridized carbons (Fsp3) is 0.611. The first kappa shape index (κ1) is 18.4. The van der Waals surface area contributed by atoms with Gasteiger partial charge in [0.1, 0.15) is 0 Å². The highest BCUT2D eigenvalue weighted by Gasteiger charge is 2.21. The molecule has 25 heavy (non-hydrogen) atoms. The molecule has 0 saturated carbocycles. The zero-order chi connectivity index (χ0) is 17.7. The highest BCUT2D eigenvalue weighted by molar-refractivity contribution is 7.91. The summed E-state index contributed by atoms with van der Waals surface area (Å²) in [7, 11) is -2.86. The van der Waals surface area contributed by atoms with E-state index in [2.05, 4.69) is 15.5 Å². The van der Waals surface area contributed by atoms with E-state index in [9.17, 15) is 13.2 Å². The number of hydrogen-bond donors (Lipinski definition) is 2. The second-order valence-electron chi connectivity index (χ2n) is 7.05. The van der Waals surface area contributed by atoms with E-state index in [1.165, 1.54) is 6.42 Å². The monoisotopic (exact) mass is 365 g/mol. The van der Waals surface area contributed by atoms with Crippen LogP contribution in [0.2, 0.25) is 0 Å². The Balaban J connectivity index is 1.52. The number of nitrogens with one attached hydrogen (secondary N) is 2. The largest absolute Gasteiger partial charge is 0.352 e. The van der Waals surface area contributed by atoms with Gasteiger partial charge in [0.05, 0.1) is 11.5 Å². The number of benzene rings is 1. The van der Waals surface area contributed by atoms with Crippen LogP contribution in [0.3, 0.4) is 0 Å². The van der Waals surface area contributed by atoms with Gasteiger partial charge in [-0.05, 0) is 49.5 Å². The smallest absolute Gasteiger partial charge is 0.251 e. The maximum atomic E-state index is 12.4. The molecule has 2 aliphatic heterocycles. The first-order valence-corrected chi connectivity index (χ1v) is 10.8. The van der Waals surface area contributed by atoms with Gasteiger partial charge in [-0.2, -0.15) is 0 Å². The van der Waals surface area contributed by atoms with Crippen molar-refractivity contribution in [1.29, 1.82) is 0 Å². The van der Waals surface area contributed by atoms with Gasteiger partial charge in [-0.25, -0.2) is 8.42 Å². The molecule has 2 fully saturated rings. The van der Waals surface area contributed by atoms with E-state index in [0.717, 1.165) is 25.1 Å². The lowest BCUT2D eigenvalue weighted by molar-refractivity contribution is 0.0944. The van der Waals surface area contributed by atoms with Gasteiger partial charge in [-0.1, -0.05) is 12.1 Å². The summed E-state index contributed by atoms with van der Waals surface area (Å²) in [4.78, 5) is 14.5. The number of carbonyl (C=O) groups excluding carboxylic acids is 1. The standard InChI is InChI=1S/C18H27N3O3S/c22-18(20-13-16-4-2-6-19-12-16)17-5-1-3-15(11-17)14-21-7-9-25(23,24)10-8-21/h1,3,5,11,16,19H,2,4,6-10,12-14H2,(H,20,22). The predicted octanol–water partition coefficient (Wildman–Crippen LogP) is 0.646. The molecule has 0 radical (unpaired) electrons. The number of rotatable bonds is 5. The normalized spacial score (nSPS) is 23.9. The zero-order valence-electron chi connectivity index (χ0n) is 14.5. The fourth-order valence-electron chi connectivity index (χ4n) is 3.41. The summed E-state index contributed by atoms with van der Waals surface area (Å²) in [6, 6.07) is 7.63. The van der Waals surface area contributed by atoms with Gasteiger partial charge < -0.3 is 10.6 Å². The summed E-state index contributed by atoms with van der Waals surface area (Å²) in [6.07, 6.45) is 2.33. The van der Waals surface area contributed by atoms with Crippen molar-refractivity contribution in [3.63, 3.8) is 0 Å². The molecular formula is C18H27N3O3S. The van der Waals surface area contributed by atoms with Crippen LogP contribution < -0.4 is 10.6 Å². The summed E-state index contributed by atoms with van der Waals surface area (Å²) in [5.74, 6) is 0.926. The van der Waals surface area contributed by atoms with E-state index in [4.69, 9.17) is 0 Å². The van der Waals surface area contributed by atoms with Crippen LogP contribution in [0.5, 0.6) is 0 Å². The predicted molar refractivity (Wildman–Crippen MR) is 98.3 cm³/mol. The van der Waals surface area contributed by atoms with Crippen LogP contribution in [-0.4, -0.2) is 63.5 Å². The minimum atomic E-state index is -2.86. The van der Waals surface area contributed by atoms with Gasteiger partial charge in [0.15, 0.2) is 9.84 Å². The highest BCUT2D eigenvalue weighted by Crippen LogP contribution is 2.13. The summed E-state index contributed by atoms with van der Waals surface area (Å²) in [5.41, 5.74) is 1.72. The number of sulfone groups is 1. The third kappa shape index (κ3) is 5.52. The van der Waals surface area contributed by atoms with E-state index in [-0.39, 0.29) is 17.4 Å². The van der Waals surface area contributed by atoms with E-state index in [1.807, 2.05) is 24.3 Å². The van der Waals surface area contributed by atoms with E-state index in [1.54, 1.807) is 0 Å². The van der Waals surface area contributed by atoms with Gasteiger partial charge in [-0.3, -0.25) is 9.69 Å². The van der Waals surface area contributed by atoms with Crippen molar-refractivity contribution in [3.8, 4) is 0 Å². The third-order valence-electron chi connectivity index (χ3n) is 4.98. The maximum Gasteiger partial charge on any atom is 0.251 e. The van der Waals surface area contributed by atoms with Crippen LogP contribution in [0.15, 0.2) is 24.3 Å². The molecule has 0 aromatic heterocycles. The lowest BCUT2D eigenvalue weighted by Crippen LogP contribution is -2.39. The van der Waals surface area contributed by atoms with Crippen LogP contribution in [0.25, 0.3) is 0 Å². The quantitative estimate of drug-likeness (QED) is 0.801. The molecule has 138 valence electrons. The number of nitrogens with zero attached hydrogens (tertiary/aromatic N) is 1.